The summed E-state index contributed by atoms with van der Waals surface area (Å²) in [5, 5.41) is 0. The van der Waals surface area contributed by atoms with Crippen molar-refractivity contribution in [3.05, 3.63) is 0 Å². The molecule has 5 nitrogen and oxygen atoms in total. The van der Waals surface area contributed by atoms with Gasteiger partial charge in [-0.15, -0.1) is 0 Å². The van der Waals surface area contributed by atoms with Crippen LogP contribution in [0.15, 0.2) is 0 Å². The molecule has 0 aromatic rings. The maximum Gasteiger partial charge on any atom is 0.315 e. The van der Waals surface area contributed by atoms with E-state index in [-0.39, 0.29) is 18.0 Å². The fraction of sp³-hybridized carbons (Fsp3) is 0.867. The van der Waals surface area contributed by atoms with Gasteiger partial charge in [-0.2, -0.15) is 0 Å². The van der Waals surface area contributed by atoms with Crippen LogP contribution in [0.2, 0.25) is 0 Å². The number of hydrogen-bond donors (Lipinski definition) is 1. The largest absolute Gasteiger partial charge is 0.351 e. The van der Waals surface area contributed by atoms with Crippen LogP contribution >= 0.6 is 0 Å². The third kappa shape index (κ3) is 3.44. The van der Waals surface area contributed by atoms with Gasteiger partial charge in [0.15, 0.2) is 0 Å². The van der Waals surface area contributed by atoms with Crippen molar-refractivity contribution in [2.24, 2.45) is 11.7 Å². The van der Waals surface area contributed by atoms with E-state index in [9.17, 15) is 9.59 Å². The van der Waals surface area contributed by atoms with Gasteiger partial charge < -0.3 is 15.5 Å². The number of primary amides is 1. The van der Waals surface area contributed by atoms with Gasteiger partial charge in [0.05, 0.1) is 0 Å². The Kier molecular flexibility index (Phi) is 4.89. The van der Waals surface area contributed by atoms with Crippen LogP contribution in [-0.2, 0) is 4.79 Å². The maximum absolute atomic E-state index is 11.9. The number of rotatable bonds is 2. The minimum Gasteiger partial charge on any atom is -0.351 e. The molecule has 0 unspecified atom stereocenters. The summed E-state index contributed by atoms with van der Waals surface area (Å²) < 4.78 is 0. The van der Waals surface area contributed by atoms with Crippen molar-refractivity contribution < 1.29 is 9.59 Å². The number of nitrogens with two attached hydrogens (primary N) is 1. The first-order chi connectivity index (χ1) is 9.49. The Bertz CT molecular complexity index is 356. The van der Waals surface area contributed by atoms with Gasteiger partial charge in [0.25, 0.3) is 0 Å². The molecule has 1 aliphatic heterocycles. The quantitative estimate of drug-likeness (QED) is 0.840. The molecule has 1 aliphatic carbocycles. The number of urea groups is 1. The number of carbonyl (C=O) groups excluding carboxylic acids is 2. The van der Waals surface area contributed by atoms with Crippen molar-refractivity contribution in [3.8, 4) is 0 Å². The third-order valence-electron chi connectivity index (χ3n) is 4.94. The molecular weight excluding hydrogens is 254 g/mol. The van der Waals surface area contributed by atoms with Crippen molar-refractivity contribution in [3.63, 3.8) is 0 Å². The molecule has 0 spiro atoms. The second-order valence-corrected chi connectivity index (χ2v) is 6.40. The molecular formula is C15H27N3O2. The first-order valence-corrected chi connectivity index (χ1v) is 7.82. The Labute approximate surface area is 121 Å². The molecule has 20 heavy (non-hydrogen) atoms. The molecule has 1 heterocycles. The predicted octanol–water partition coefficient (Wildman–Crippen LogP) is 1.96. The lowest BCUT2D eigenvalue weighted by atomic mass is 9.85. The van der Waals surface area contributed by atoms with E-state index in [1.54, 1.807) is 6.92 Å². The van der Waals surface area contributed by atoms with E-state index in [1.807, 2.05) is 9.80 Å². The van der Waals surface area contributed by atoms with E-state index >= 15 is 0 Å². The molecule has 1 saturated heterocycles. The van der Waals surface area contributed by atoms with E-state index in [4.69, 9.17) is 5.73 Å². The van der Waals surface area contributed by atoms with E-state index in [0.717, 1.165) is 44.7 Å². The second kappa shape index (κ2) is 6.46. The van der Waals surface area contributed by atoms with Gasteiger partial charge in [-0.1, -0.05) is 6.92 Å². The van der Waals surface area contributed by atoms with Crippen LogP contribution < -0.4 is 5.73 Å². The fourth-order valence-corrected chi connectivity index (χ4v) is 3.64. The minimum atomic E-state index is -0.286. The van der Waals surface area contributed by atoms with Crippen LogP contribution in [0.25, 0.3) is 0 Å². The third-order valence-corrected chi connectivity index (χ3v) is 4.94. The number of nitrogens with zero attached hydrogens (tertiary/aromatic N) is 2. The van der Waals surface area contributed by atoms with Gasteiger partial charge in [0, 0.05) is 32.1 Å². The average Bonchev–Trinajstić information content (AvgIpc) is 2.41. The van der Waals surface area contributed by atoms with Crippen molar-refractivity contribution in [2.45, 2.75) is 64.5 Å². The van der Waals surface area contributed by atoms with Crippen LogP contribution in [0.4, 0.5) is 4.79 Å². The molecule has 114 valence electrons. The molecule has 3 amide bonds. The zero-order valence-electron chi connectivity index (χ0n) is 12.7. The number of likely N-dealkylation sites (tertiary alicyclic amines) is 1. The van der Waals surface area contributed by atoms with Crippen LogP contribution in [0, 0.1) is 5.92 Å². The van der Waals surface area contributed by atoms with Gasteiger partial charge in [-0.25, -0.2) is 4.79 Å². The summed E-state index contributed by atoms with van der Waals surface area (Å²) >= 11 is 0. The SMILES string of the molecule is CC(=O)N1CCC(N(C(N)=O)[C@H]2CC[C@H](C)CC2)CC1. The smallest absolute Gasteiger partial charge is 0.315 e. The summed E-state index contributed by atoms with van der Waals surface area (Å²) in [6.45, 7) is 5.37. The number of amides is 3. The molecule has 2 rings (SSSR count). The normalized spacial score (nSPS) is 28.2. The zero-order valence-corrected chi connectivity index (χ0v) is 12.7. The Morgan fingerprint density at radius 3 is 1.95 bits per heavy atom. The first-order valence-electron chi connectivity index (χ1n) is 7.82. The molecule has 0 radical (unpaired) electrons. The van der Waals surface area contributed by atoms with E-state index in [2.05, 4.69) is 6.92 Å². The Hall–Kier alpha value is -1.26. The molecule has 0 aromatic carbocycles. The van der Waals surface area contributed by atoms with Crippen LogP contribution in [0.3, 0.4) is 0 Å². The molecule has 2 fully saturated rings. The van der Waals surface area contributed by atoms with Gasteiger partial charge in [-0.05, 0) is 44.4 Å². The van der Waals surface area contributed by atoms with Crippen molar-refractivity contribution in [1.29, 1.82) is 0 Å². The molecule has 0 atom stereocenters. The maximum atomic E-state index is 11.9. The van der Waals surface area contributed by atoms with Crippen LogP contribution in [0.5, 0.6) is 0 Å². The van der Waals surface area contributed by atoms with Gasteiger partial charge in [0.2, 0.25) is 5.91 Å². The summed E-state index contributed by atoms with van der Waals surface area (Å²) in [6.07, 6.45) is 6.21. The van der Waals surface area contributed by atoms with E-state index in [0.29, 0.717) is 6.04 Å². The summed E-state index contributed by atoms with van der Waals surface area (Å²) in [7, 11) is 0. The van der Waals surface area contributed by atoms with Gasteiger partial charge >= 0.3 is 6.03 Å². The van der Waals surface area contributed by atoms with Crippen molar-refractivity contribution >= 4 is 11.9 Å². The predicted molar refractivity (Wildman–Crippen MR) is 78.1 cm³/mol. The van der Waals surface area contributed by atoms with E-state index < -0.39 is 0 Å². The summed E-state index contributed by atoms with van der Waals surface area (Å²) in [4.78, 5) is 27.0. The molecule has 5 heteroatoms. The first kappa shape index (κ1) is 15.1. The van der Waals surface area contributed by atoms with E-state index in [1.165, 1.54) is 12.8 Å². The lowest BCUT2D eigenvalue weighted by Gasteiger charge is -2.43. The highest BCUT2D eigenvalue weighted by atomic mass is 16.2. The van der Waals surface area contributed by atoms with Crippen LogP contribution in [0.1, 0.15) is 52.4 Å². The molecule has 1 saturated carbocycles. The fourth-order valence-electron chi connectivity index (χ4n) is 3.64. The number of carbonyl (C=O) groups is 2. The summed E-state index contributed by atoms with van der Waals surface area (Å²) in [6, 6.07) is 0.227. The molecule has 0 aromatic heterocycles. The highest BCUT2D eigenvalue weighted by Gasteiger charge is 2.34. The average molecular weight is 281 g/mol. The number of hydrogen-bond acceptors (Lipinski definition) is 2. The Balaban J connectivity index is 1.96. The zero-order chi connectivity index (χ0) is 14.7. The highest BCUT2D eigenvalue weighted by Crippen LogP contribution is 2.30. The van der Waals surface area contributed by atoms with Crippen LogP contribution in [-0.4, -0.2) is 46.9 Å². The van der Waals surface area contributed by atoms with Gasteiger partial charge in [0.1, 0.15) is 0 Å². The Morgan fingerprint density at radius 1 is 1.00 bits per heavy atom. The summed E-state index contributed by atoms with van der Waals surface area (Å²) in [5.41, 5.74) is 5.63. The lowest BCUT2D eigenvalue weighted by molar-refractivity contribution is -0.130. The topological polar surface area (TPSA) is 66.6 Å². The second-order valence-electron chi connectivity index (χ2n) is 6.40. The molecule has 2 N–H and O–H groups in total. The Morgan fingerprint density at radius 2 is 1.50 bits per heavy atom. The standard InChI is InChI=1S/C15H27N3O2/c1-11-3-5-13(6-4-11)18(15(16)20)14-7-9-17(10-8-14)12(2)19/h11,13-14H,3-10H2,1-2H3,(H2,16,20)/t11-,13-. The number of piperidine rings is 1. The van der Waals surface area contributed by atoms with Crippen molar-refractivity contribution in [2.75, 3.05) is 13.1 Å². The lowest BCUT2D eigenvalue weighted by Crippen LogP contribution is -2.54. The monoisotopic (exact) mass is 281 g/mol. The molecule has 0 bridgehead atoms. The molecule has 2 aliphatic rings. The van der Waals surface area contributed by atoms with Gasteiger partial charge in [-0.3, -0.25) is 4.79 Å². The highest BCUT2D eigenvalue weighted by molar-refractivity contribution is 5.74. The minimum absolute atomic E-state index is 0.126. The summed E-state index contributed by atoms with van der Waals surface area (Å²) in [5.74, 6) is 0.890. The van der Waals surface area contributed by atoms with Crippen molar-refractivity contribution in [1.82, 2.24) is 9.80 Å².